The first-order valence-electron chi connectivity index (χ1n) is 8.43. The molecule has 0 saturated heterocycles. The summed E-state index contributed by atoms with van der Waals surface area (Å²) in [6.07, 6.45) is 5.50. The van der Waals surface area contributed by atoms with Crippen LogP contribution in [0.15, 0.2) is 10.2 Å². The minimum atomic E-state index is -0.950. The van der Waals surface area contributed by atoms with Crippen molar-refractivity contribution in [2.75, 3.05) is 6.54 Å². The van der Waals surface area contributed by atoms with E-state index in [9.17, 15) is 9.59 Å². The molecule has 5 heteroatoms. The van der Waals surface area contributed by atoms with Crippen LogP contribution in [0.1, 0.15) is 80.1 Å². The molecule has 1 amide bonds. The highest BCUT2D eigenvalue weighted by atomic mass is 16.2. The van der Waals surface area contributed by atoms with Gasteiger partial charge in [0.15, 0.2) is 11.3 Å². The van der Waals surface area contributed by atoms with E-state index in [1.807, 2.05) is 0 Å². The van der Waals surface area contributed by atoms with Gasteiger partial charge in [-0.2, -0.15) is 10.2 Å². The van der Waals surface area contributed by atoms with Crippen LogP contribution < -0.4 is 5.32 Å². The van der Waals surface area contributed by atoms with Gasteiger partial charge in [-0.15, -0.1) is 0 Å². The van der Waals surface area contributed by atoms with Crippen molar-refractivity contribution >= 4 is 11.7 Å². The number of nitrogens with zero attached hydrogens (tertiary/aromatic N) is 2. The fourth-order valence-corrected chi connectivity index (χ4v) is 1.79. The standard InChI is InChI=1S/C17H33N3O2/c1-7-9-11-12-14(21)16(3,4)19-20-17(5,6)15(22)18-13-10-8-2/h7-13H2,1-6H3,(H,18,22). The largest absolute Gasteiger partial charge is 0.354 e. The number of carbonyl (C=O) groups is 2. The summed E-state index contributed by atoms with van der Waals surface area (Å²) >= 11 is 0. The molecule has 0 aromatic heterocycles. The van der Waals surface area contributed by atoms with Crippen molar-refractivity contribution in [3.63, 3.8) is 0 Å². The molecule has 0 bridgehead atoms. The summed E-state index contributed by atoms with van der Waals surface area (Å²) in [6.45, 7) is 11.8. The Morgan fingerprint density at radius 3 is 1.95 bits per heavy atom. The smallest absolute Gasteiger partial charge is 0.249 e. The van der Waals surface area contributed by atoms with Crippen molar-refractivity contribution in [1.29, 1.82) is 0 Å². The maximum Gasteiger partial charge on any atom is 0.249 e. The summed E-state index contributed by atoms with van der Waals surface area (Å²) in [4.78, 5) is 24.3. The second-order valence-electron chi connectivity index (χ2n) is 6.81. The summed E-state index contributed by atoms with van der Waals surface area (Å²) in [7, 11) is 0. The number of Topliss-reactive ketones (excluding diaryl/α,β-unsaturated/α-hetero) is 1. The highest BCUT2D eigenvalue weighted by molar-refractivity contribution is 5.88. The normalized spacial score (nSPS) is 12.6. The quantitative estimate of drug-likeness (QED) is 0.461. The zero-order valence-electron chi connectivity index (χ0n) is 15.2. The molecule has 0 radical (unpaired) electrons. The van der Waals surface area contributed by atoms with Gasteiger partial charge in [-0.25, -0.2) is 0 Å². The van der Waals surface area contributed by atoms with Crippen LogP contribution in [0.25, 0.3) is 0 Å². The third kappa shape index (κ3) is 7.66. The van der Waals surface area contributed by atoms with Crippen LogP contribution in [0.2, 0.25) is 0 Å². The second-order valence-corrected chi connectivity index (χ2v) is 6.81. The van der Waals surface area contributed by atoms with E-state index in [1.165, 1.54) is 0 Å². The average molecular weight is 311 g/mol. The number of rotatable bonds is 11. The third-order valence-corrected chi connectivity index (χ3v) is 3.61. The number of hydrogen-bond donors (Lipinski definition) is 1. The molecule has 0 aromatic carbocycles. The molecular weight excluding hydrogens is 278 g/mol. The Kier molecular flexibility index (Phi) is 9.14. The molecule has 0 atom stereocenters. The molecule has 0 saturated carbocycles. The van der Waals surface area contributed by atoms with E-state index in [0.29, 0.717) is 13.0 Å². The van der Waals surface area contributed by atoms with Gasteiger partial charge in [-0.05, 0) is 40.5 Å². The Morgan fingerprint density at radius 1 is 0.864 bits per heavy atom. The molecule has 1 N–H and O–H groups in total. The average Bonchev–Trinajstić information content (AvgIpc) is 2.45. The molecule has 128 valence electrons. The maximum atomic E-state index is 12.2. The van der Waals surface area contributed by atoms with E-state index in [4.69, 9.17) is 0 Å². The molecule has 0 heterocycles. The highest BCUT2D eigenvalue weighted by Crippen LogP contribution is 2.19. The fraction of sp³-hybridized carbons (Fsp3) is 0.882. The lowest BCUT2D eigenvalue weighted by atomic mass is 9.95. The Bertz CT molecular complexity index is 351. The van der Waals surface area contributed by atoms with Crippen LogP contribution in [0.5, 0.6) is 0 Å². The van der Waals surface area contributed by atoms with Crippen LogP contribution in [0, 0.1) is 0 Å². The van der Waals surface area contributed by atoms with Gasteiger partial charge in [0.25, 0.3) is 0 Å². The van der Waals surface area contributed by atoms with E-state index in [-0.39, 0.29) is 11.7 Å². The molecule has 0 aliphatic heterocycles. The molecular formula is C17H33N3O2. The first-order chi connectivity index (χ1) is 10.2. The van der Waals surface area contributed by atoms with Crippen LogP contribution in [0.4, 0.5) is 0 Å². The molecule has 0 aromatic rings. The van der Waals surface area contributed by atoms with E-state index in [1.54, 1.807) is 27.7 Å². The van der Waals surface area contributed by atoms with Gasteiger partial charge in [0, 0.05) is 13.0 Å². The predicted octanol–water partition coefficient (Wildman–Crippen LogP) is 4.06. The van der Waals surface area contributed by atoms with Gasteiger partial charge in [0.2, 0.25) is 5.91 Å². The molecule has 0 fully saturated rings. The van der Waals surface area contributed by atoms with E-state index in [0.717, 1.165) is 32.1 Å². The van der Waals surface area contributed by atoms with Gasteiger partial charge in [0.1, 0.15) is 5.54 Å². The SMILES string of the molecule is CCCCCC(=O)C(C)(C)N=NC(C)(C)C(=O)NCCCC. The molecule has 0 unspecified atom stereocenters. The zero-order valence-corrected chi connectivity index (χ0v) is 15.2. The number of carbonyl (C=O) groups excluding carboxylic acids is 2. The zero-order chi connectivity index (χ0) is 17.2. The van der Waals surface area contributed by atoms with Gasteiger partial charge < -0.3 is 5.32 Å². The summed E-state index contributed by atoms with van der Waals surface area (Å²) in [5, 5.41) is 11.2. The fourth-order valence-electron chi connectivity index (χ4n) is 1.79. The Hall–Kier alpha value is -1.26. The molecule has 0 aliphatic rings. The second kappa shape index (κ2) is 9.70. The van der Waals surface area contributed by atoms with Crippen LogP contribution >= 0.6 is 0 Å². The minimum Gasteiger partial charge on any atom is -0.354 e. The summed E-state index contributed by atoms with van der Waals surface area (Å²) < 4.78 is 0. The van der Waals surface area contributed by atoms with Gasteiger partial charge >= 0.3 is 0 Å². The molecule has 0 rings (SSSR count). The van der Waals surface area contributed by atoms with E-state index < -0.39 is 11.1 Å². The number of unbranched alkanes of at least 4 members (excludes halogenated alkanes) is 3. The lowest BCUT2D eigenvalue weighted by Crippen LogP contribution is -2.41. The summed E-state index contributed by atoms with van der Waals surface area (Å²) in [6, 6.07) is 0. The van der Waals surface area contributed by atoms with E-state index in [2.05, 4.69) is 29.4 Å². The molecule has 0 aliphatic carbocycles. The number of azo groups is 1. The van der Waals surface area contributed by atoms with Gasteiger partial charge in [-0.3, -0.25) is 9.59 Å². The number of ketones is 1. The van der Waals surface area contributed by atoms with Crippen LogP contribution in [0.3, 0.4) is 0 Å². The van der Waals surface area contributed by atoms with Crippen molar-refractivity contribution in [3.8, 4) is 0 Å². The topological polar surface area (TPSA) is 70.9 Å². The predicted molar refractivity (Wildman–Crippen MR) is 90.1 cm³/mol. The van der Waals surface area contributed by atoms with Crippen LogP contribution in [-0.4, -0.2) is 29.3 Å². The minimum absolute atomic E-state index is 0.0758. The van der Waals surface area contributed by atoms with Crippen molar-refractivity contribution in [3.05, 3.63) is 0 Å². The van der Waals surface area contributed by atoms with Gasteiger partial charge in [-0.1, -0.05) is 33.1 Å². The first kappa shape index (κ1) is 20.7. The van der Waals surface area contributed by atoms with Crippen molar-refractivity contribution in [2.24, 2.45) is 10.2 Å². The Balaban J connectivity index is 4.62. The monoisotopic (exact) mass is 311 g/mol. The summed E-state index contributed by atoms with van der Waals surface area (Å²) in [5.41, 5.74) is -1.82. The van der Waals surface area contributed by atoms with Crippen molar-refractivity contribution < 1.29 is 9.59 Å². The molecule has 22 heavy (non-hydrogen) atoms. The number of amides is 1. The maximum absolute atomic E-state index is 12.2. The lowest BCUT2D eigenvalue weighted by molar-refractivity contribution is -0.126. The third-order valence-electron chi connectivity index (χ3n) is 3.61. The van der Waals surface area contributed by atoms with E-state index >= 15 is 0 Å². The van der Waals surface area contributed by atoms with Crippen molar-refractivity contribution in [1.82, 2.24) is 5.32 Å². The highest BCUT2D eigenvalue weighted by Gasteiger charge is 2.31. The lowest BCUT2D eigenvalue weighted by Gasteiger charge is -2.22. The van der Waals surface area contributed by atoms with Crippen molar-refractivity contribution in [2.45, 2.75) is 91.1 Å². The van der Waals surface area contributed by atoms with Gasteiger partial charge in [0.05, 0.1) is 0 Å². The Morgan fingerprint density at radius 2 is 1.41 bits per heavy atom. The Labute approximate surface area is 135 Å². The number of nitrogens with one attached hydrogen (secondary N) is 1. The number of hydrogen-bond acceptors (Lipinski definition) is 4. The first-order valence-corrected chi connectivity index (χ1v) is 8.43. The van der Waals surface area contributed by atoms with Crippen LogP contribution in [-0.2, 0) is 9.59 Å². The molecule has 0 spiro atoms. The summed E-state index contributed by atoms with van der Waals surface area (Å²) in [5.74, 6) is -0.0779. The molecule has 5 nitrogen and oxygen atoms in total.